The lowest BCUT2D eigenvalue weighted by atomic mass is 9.90. The zero-order chi connectivity index (χ0) is 23.2. The molecular formula is C21H42N8O3S. The number of hydrogen-bond acceptors (Lipinski definition) is 10. The number of piperidine rings is 3. The Morgan fingerprint density at radius 2 is 1.94 bits per heavy atom. The van der Waals surface area contributed by atoms with Crippen LogP contribution in [0.1, 0.15) is 19.3 Å². The molecule has 0 amide bonds. The van der Waals surface area contributed by atoms with Gasteiger partial charge >= 0.3 is 0 Å². The summed E-state index contributed by atoms with van der Waals surface area (Å²) in [7, 11) is -0.0897. The normalized spacial score (nSPS) is 42.8. The summed E-state index contributed by atoms with van der Waals surface area (Å²) in [6, 6.07) is 0.206. The van der Waals surface area contributed by atoms with Gasteiger partial charge in [-0.3, -0.25) is 15.6 Å². The number of likely N-dealkylation sites (tertiary alicyclic amines) is 1. The van der Waals surface area contributed by atoms with Crippen LogP contribution >= 0.6 is 0 Å². The highest BCUT2D eigenvalue weighted by molar-refractivity contribution is 7.90. The SMILES string of the molecule is COC1NCC2CNN(C)C2C1NS(=O)(=O)C(CN)CNC1CC(N2CC3CC3C2)CCN1. The first-order valence-corrected chi connectivity index (χ1v) is 14.1. The minimum absolute atomic E-state index is 0.0183. The monoisotopic (exact) mass is 486 g/mol. The predicted octanol–water partition coefficient (Wildman–Crippen LogP) is -2.77. The standard InChI is InChI=1S/C21H42N8O3S/c1-28-20-15(9-26-28)8-25-21(32-2)19(20)27-33(30,31)17(7-22)10-24-18-6-16(3-4-23-18)29-11-13-5-14(13)12-29/h13-21,23-27H,3-12,22H2,1-2H3. The number of fused-ring (bicyclic) bond motifs is 2. The molecule has 1 saturated carbocycles. The van der Waals surface area contributed by atoms with E-state index in [9.17, 15) is 8.42 Å². The number of rotatable bonds is 9. The second-order valence-corrected chi connectivity index (χ2v) is 12.6. The van der Waals surface area contributed by atoms with Crippen molar-refractivity contribution in [2.24, 2.45) is 23.5 Å². The van der Waals surface area contributed by atoms with Gasteiger partial charge in [-0.15, -0.1) is 0 Å². The number of sulfonamides is 1. The average molecular weight is 487 g/mol. The molecule has 0 aromatic heterocycles. The molecule has 4 aliphatic heterocycles. The van der Waals surface area contributed by atoms with Crippen molar-refractivity contribution in [1.82, 2.24) is 36.0 Å². The first kappa shape index (κ1) is 24.3. The average Bonchev–Trinajstić information content (AvgIpc) is 3.22. The van der Waals surface area contributed by atoms with Gasteiger partial charge in [0.25, 0.3) is 0 Å². The molecule has 11 nitrogen and oxygen atoms in total. The van der Waals surface area contributed by atoms with Crippen LogP contribution in [0, 0.1) is 17.8 Å². The molecule has 0 aromatic carbocycles. The second-order valence-electron chi connectivity index (χ2n) is 10.6. The van der Waals surface area contributed by atoms with Gasteiger partial charge in [0.2, 0.25) is 10.0 Å². The highest BCUT2D eigenvalue weighted by atomic mass is 32.2. The summed E-state index contributed by atoms with van der Waals surface area (Å²) in [6.07, 6.45) is 3.31. The van der Waals surface area contributed by atoms with Gasteiger partial charge in [0, 0.05) is 71.4 Å². The van der Waals surface area contributed by atoms with E-state index in [-0.39, 0.29) is 25.0 Å². The maximum Gasteiger partial charge on any atom is 0.217 e. The molecule has 33 heavy (non-hydrogen) atoms. The molecule has 5 rings (SSSR count). The van der Waals surface area contributed by atoms with Gasteiger partial charge in [-0.2, -0.15) is 0 Å². The van der Waals surface area contributed by atoms with E-state index < -0.39 is 21.3 Å². The van der Waals surface area contributed by atoms with E-state index in [4.69, 9.17) is 10.5 Å². The Morgan fingerprint density at radius 3 is 2.67 bits per heavy atom. The largest absolute Gasteiger partial charge is 0.365 e. The van der Waals surface area contributed by atoms with E-state index in [2.05, 4.69) is 31.0 Å². The molecule has 1 aliphatic carbocycles. The molecular weight excluding hydrogens is 444 g/mol. The van der Waals surface area contributed by atoms with E-state index in [1.165, 1.54) is 19.5 Å². The molecule has 9 unspecified atom stereocenters. The molecule has 5 aliphatic rings. The summed E-state index contributed by atoms with van der Waals surface area (Å²) >= 11 is 0. The van der Waals surface area contributed by atoms with Crippen LogP contribution in [0.5, 0.6) is 0 Å². The summed E-state index contributed by atoms with van der Waals surface area (Å²) in [6.45, 7) is 5.43. The number of nitrogens with one attached hydrogen (secondary N) is 5. The zero-order valence-electron chi connectivity index (χ0n) is 19.9. The molecule has 9 atom stereocenters. The number of methoxy groups -OCH3 is 1. The summed E-state index contributed by atoms with van der Waals surface area (Å²) in [4.78, 5) is 2.65. The zero-order valence-corrected chi connectivity index (χ0v) is 20.7. The Balaban J connectivity index is 1.18. The number of hydrogen-bond donors (Lipinski definition) is 6. The van der Waals surface area contributed by atoms with E-state index in [1.54, 1.807) is 7.11 Å². The third-order valence-corrected chi connectivity index (χ3v) is 10.4. The quantitative estimate of drug-likeness (QED) is 0.203. The molecule has 4 heterocycles. The van der Waals surface area contributed by atoms with Gasteiger partial charge in [-0.05, 0) is 37.6 Å². The maximum atomic E-state index is 13.4. The van der Waals surface area contributed by atoms with Gasteiger partial charge in [0.15, 0.2) is 0 Å². The van der Waals surface area contributed by atoms with Crippen molar-refractivity contribution in [3.8, 4) is 0 Å². The number of hydrazine groups is 1. The second kappa shape index (κ2) is 9.92. The number of ether oxygens (including phenoxy) is 1. The van der Waals surface area contributed by atoms with E-state index in [0.29, 0.717) is 18.5 Å². The lowest BCUT2D eigenvalue weighted by molar-refractivity contribution is -0.0106. The van der Waals surface area contributed by atoms with Gasteiger partial charge in [0.1, 0.15) is 11.5 Å². The number of nitrogens with two attached hydrogens (primary N) is 1. The highest BCUT2D eigenvalue weighted by Gasteiger charge is 2.48. The van der Waals surface area contributed by atoms with E-state index in [1.807, 2.05) is 12.1 Å². The Bertz CT molecular complexity index is 777. The summed E-state index contributed by atoms with van der Waals surface area (Å²) < 4.78 is 35.3. The van der Waals surface area contributed by atoms with Crippen LogP contribution in [0.4, 0.5) is 0 Å². The van der Waals surface area contributed by atoms with Gasteiger partial charge in [-0.1, -0.05) is 0 Å². The van der Waals surface area contributed by atoms with Gasteiger partial charge in [-0.25, -0.2) is 18.1 Å². The van der Waals surface area contributed by atoms with Crippen molar-refractivity contribution in [2.75, 3.05) is 60.0 Å². The van der Waals surface area contributed by atoms with Crippen LogP contribution in [-0.4, -0.2) is 114 Å². The van der Waals surface area contributed by atoms with E-state index >= 15 is 0 Å². The molecule has 4 saturated heterocycles. The molecule has 190 valence electrons. The Hall–Kier alpha value is -0.410. The van der Waals surface area contributed by atoms with Crippen LogP contribution < -0.4 is 31.8 Å². The van der Waals surface area contributed by atoms with Gasteiger partial charge < -0.3 is 21.1 Å². The van der Waals surface area contributed by atoms with Crippen LogP contribution in [0.15, 0.2) is 0 Å². The molecule has 0 radical (unpaired) electrons. The summed E-state index contributed by atoms with van der Waals surface area (Å²) in [5, 5.41) is 11.6. The summed E-state index contributed by atoms with van der Waals surface area (Å²) in [5.41, 5.74) is 9.29. The third kappa shape index (κ3) is 5.11. The summed E-state index contributed by atoms with van der Waals surface area (Å²) in [5.74, 6) is 2.18. The van der Waals surface area contributed by atoms with Crippen LogP contribution in [-0.2, 0) is 14.8 Å². The fourth-order valence-electron chi connectivity index (χ4n) is 6.46. The minimum Gasteiger partial charge on any atom is -0.365 e. The topological polar surface area (TPSA) is 136 Å². The first-order valence-electron chi connectivity index (χ1n) is 12.5. The smallest absolute Gasteiger partial charge is 0.217 e. The van der Waals surface area contributed by atoms with Crippen molar-refractivity contribution in [1.29, 1.82) is 0 Å². The first-order chi connectivity index (χ1) is 15.9. The lowest BCUT2D eigenvalue weighted by Gasteiger charge is -2.42. The molecule has 5 fully saturated rings. The number of nitrogens with zero attached hydrogens (tertiary/aromatic N) is 2. The number of likely N-dealkylation sites (N-methyl/N-ethyl adjacent to an activating group) is 1. The van der Waals surface area contributed by atoms with Crippen LogP contribution in [0.2, 0.25) is 0 Å². The molecule has 0 aromatic rings. The Morgan fingerprint density at radius 1 is 1.15 bits per heavy atom. The molecule has 0 bridgehead atoms. The third-order valence-electron chi connectivity index (χ3n) is 8.56. The molecule has 12 heteroatoms. The fraction of sp³-hybridized carbons (Fsp3) is 1.00. The van der Waals surface area contributed by atoms with Crippen molar-refractivity contribution >= 4 is 10.0 Å². The minimum atomic E-state index is -3.66. The van der Waals surface area contributed by atoms with Crippen LogP contribution in [0.25, 0.3) is 0 Å². The highest BCUT2D eigenvalue weighted by Crippen LogP contribution is 2.46. The fourth-order valence-corrected chi connectivity index (χ4v) is 7.87. The lowest BCUT2D eigenvalue weighted by Crippen LogP contribution is -2.67. The van der Waals surface area contributed by atoms with E-state index in [0.717, 1.165) is 44.3 Å². The molecule has 7 N–H and O–H groups in total. The Kier molecular flexibility index (Phi) is 7.30. The van der Waals surface area contributed by atoms with Crippen molar-refractivity contribution in [2.45, 2.75) is 55.0 Å². The van der Waals surface area contributed by atoms with Crippen molar-refractivity contribution < 1.29 is 13.2 Å². The van der Waals surface area contributed by atoms with Crippen molar-refractivity contribution in [3.63, 3.8) is 0 Å². The van der Waals surface area contributed by atoms with Gasteiger partial charge in [0.05, 0.1) is 12.2 Å². The van der Waals surface area contributed by atoms with Crippen LogP contribution in [0.3, 0.4) is 0 Å². The predicted molar refractivity (Wildman–Crippen MR) is 127 cm³/mol. The molecule has 0 spiro atoms. The Labute approximate surface area is 197 Å². The maximum absolute atomic E-state index is 13.4. The van der Waals surface area contributed by atoms with Crippen molar-refractivity contribution in [3.05, 3.63) is 0 Å².